The molecule has 7 unspecified atom stereocenters. The van der Waals surface area contributed by atoms with Crippen LogP contribution in [-0.2, 0) is 40.7 Å². The predicted molar refractivity (Wildman–Crippen MR) is 295 cm³/mol. The summed E-state index contributed by atoms with van der Waals surface area (Å²) in [7, 11) is 0. The van der Waals surface area contributed by atoms with E-state index in [0.29, 0.717) is 54.7 Å². The van der Waals surface area contributed by atoms with Gasteiger partial charge in [-0.05, 0) is 158 Å². The zero-order chi connectivity index (χ0) is 52.6. The van der Waals surface area contributed by atoms with Crippen LogP contribution in [0.1, 0.15) is 152 Å². The smallest absolute Gasteiger partial charge is 0.161 e. The van der Waals surface area contributed by atoms with E-state index in [1.54, 1.807) is 24.3 Å². The topological polar surface area (TPSA) is 200 Å². The number of anilines is 1. The number of aromatic nitrogens is 2. The first kappa shape index (κ1) is 51.7. The van der Waals surface area contributed by atoms with Crippen molar-refractivity contribution in [3.63, 3.8) is 0 Å². The van der Waals surface area contributed by atoms with Crippen LogP contribution in [-0.4, -0.2) is 90.6 Å². The highest BCUT2D eigenvalue weighted by molar-refractivity contribution is 6.05. The van der Waals surface area contributed by atoms with Crippen molar-refractivity contribution in [3.8, 4) is 29.1 Å². The number of benzene rings is 3. The van der Waals surface area contributed by atoms with Crippen molar-refractivity contribution in [3.05, 3.63) is 140 Å². The Morgan fingerprint density at radius 2 is 1.66 bits per heavy atom. The predicted octanol–water partition coefficient (Wildman–Crippen LogP) is 9.50. The van der Waals surface area contributed by atoms with Gasteiger partial charge in [-0.1, -0.05) is 80.2 Å². The summed E-state index contributed by atoms with van der Waals surface area (Å²) in [5.41, 5.74) is 7.36. The summed E-state index contributed by atoms with van der Waals surface area (Å²) in [6.45, 7) is 2.90. The molecule has 9 N–H and O–H groups in total. The van der Waals surface area contributed by atoms with Gasteiger partial charge < -0.3 is 50.9 Å². The number of aryl methyl sites for hydroxylation is 2. The number of phenolic OH excluding ortho intramolecular Hbond substituents is 2. The largest absolute Gasteiger partial charge is 0.507 e. The van der Waals surface area contributed by atoms with Gasteiger partial charge in [-0.25, -0.2) is 0 Å². The molecule has 0 saturated heterocycles. The fourth-order valence-electron chi connectivity index (χ4n) is 14.0. The van der Waals surface area contributed by atoms with Crippen LogP contribution in [0.25, 0.3) is 12.2 Å². The van der Waals surface area contributed by atoms with E-state index in [1.807, 2.05) is 42.7 Å². The Bertz CT molecular complexity index is 3090. The maximum absolute atomic E-state index is 16.2. The van der Waals surface area contributed by atoms with Gasteiger partial charge >= 0.3 is 0 Å². The van der Waals surface area contributed by atoms with Crippen molar-refractivity contribution < 1.29 is 39.9 Å². The number of fused-ring (bicyclic) bond motifs is 9. The minimum absolute atomic E-state index is 0.00231. The third kappa shape index (κ3) is 10.2. The molecule has 0 amide bonds. The molecule has 2 saturated carbocycles. The number of hydrogen-bond donors (Lipinski definition) is 9. The first-order valence-corrected chi connectivity index (χ1v) is 28.2. The van der Waals surface area contributed by atoms with Gasteiger partial charge in [-0.2, -0.15) is 0 Å². The van der Waals surface area contributed by atoms with Gasteiger partial charge in [0.05, 0.1) is 29.6 Å². The zero-order valence-electron chi connectivity index (χ0n) is 43.8. The fraction of sp³-hybridized carbons (Fsp3) is 0.469. The highest BCUT2D eigenvalue weighted by Gasteiger charge is 2.49. The molecule has 2 aromatic heterocycles. The van der Waals surface area contributed by atoms with Crippen molar-refractivity contribution in [2.24, 2.45) is 17.8 Å². The van der Waals surface area contributed by atoms with Crippen LogP contribution in [0.15, 0.2) is 84.7 Å². The summed E-state index contributed by atoms with van der Waals surface area (Å²) in [6.07, 6.45) is 18.7. The molecule has 11 rings (SSSR count). The summed E-state index contributed by atoms with van der Waals surface area (Å²) < 4.78 is 6.57. The molecule has 398 valence electrons. The Balaban J connectivity index is 1.11. The van der Waals surface area contributed by atoms with Crippen LogP contribution in [0.3, 0.4) is 0 Å². The van der Waals surface area contributed by atoms with Crippen LogP contribution < -0.4 is 15.4 Å². The summed E-state index contributed by atoms with van der Waals surface area (Å²) in [6, 6.07) is 19.0. The molecular weight excluding hydrogens is 953 g/mol. The van der Waals surface area contributed by atoms with E-state index >= 15 is 9.59 Å². The summed E-state index contributed by atoms with van der Waals surface area (Å²) in [5.74, 6) is 4.58. The van der Waals surface area contributed by atoms with Gasteiger partial charge in [0.2, 0.25) is 0 Å². The number of ether oxygens (including phenoxy) is 1. The molecule has 76 heavy (non-hydrogen) atoms. The maximum atomic E-state index is 16.2. The fourth-order valence-corrected chi connectivity index (χ4v) is 14.0. The third-order valence-electron chi connectivity index (χ3n) is 17.9. The molecule has 4 aliphatic carbocycles. The zero-order valence-corrected chi connectivity index (χ0v) is 43.8. The van der Waals surface area contributed by atoms with E-state index in [0.717, 1.165) is 115 Å². The maximum Gasteiger partial charge on any atom is 0.161 e. The lowest BCUT2D eigenvalue weighted by Gasteiger charge is -2.40. The number of aromatic hydroxyl groups is 2. The number of H-pyrrole nitrogens is 2. The number of carbonyl (C=O) groups excluding carboxylic acids is 2. The second-order valence-corrected chi connectivity index (χ2v) is 22.8. The Labute approximate surface area is 446 Å². The van der Waals surface area contributed by atoms with E-state index in [9.17, 15) is 25.5 Å². The van der Waals surface area contributed by atoms with Crippen molar-refractivity contribution in [2.75, 3.05) is 25.0 Å². The van der Waals surface area contributed by atoms with E-state index in [4.69, 9.17) is 4.74 Å². The SMILES string of the molecule is CCCNCC1C#CC2Nc3[nH]ccc3Cc3cc(ccc3C3(CCCC3)C1O)Cc1cc(cc(OC3CCCC3)c1O)CCC(=O)C(CCO)C(=O)C1C2=Cc2[nH]ccc2C1CC1(O)C=Cc2c(O)cccc2CC1. The number of Topliss-reactive ketones (excluding diaryl/α,β-unsaturated/α-hetero) is 2. The number of hydrogen-bond acceptors (Lipinski definition) is 10. The Morgan fingerprint density at radius 3 is 2.47 bits per heavy atom. The Kier molecular flexibility index (Phi) is 14.9. The molecule has 3 aromatic carbocycles. The van der Waals surface area contributed by atoms with Crippen LogP contribution in [0.5, 0.6) is 17.2 Å². The molecule has 5 aromatic rings. The minimum atomic E-state index is -1.44. The van der Waals surface area contributed by atoms with Gasteiger partial charge in [0, 0.05) is 78.9 Å². The third-order valence-corrected chi connectivity index (χ3v) is 17.9. The van der Waals surface area contributed by atoms with Crippen LogP contribution in [0.2, 0.25) is 0 Å². The number of ketones is 2. The quantitative estimate of drug-likeness (QED) is 0.0369. The molecule has 2 aliphatic heterocycles. The summed E-state index contributed by atoms with van der Waals surface area (Å²) in [4.78, 5) is 38.2. The van der Waals surface area contributed by atoms with E-state index in [1.165, 1.54) is 0 Å². The highest BCUT2D eigenvalue weighted by atomic mass is 16.5. The molecule has 12 nitrogen and oxygen atoms in total. The van der Waals surface area contributed by atoms with Gasteiger partial charge in [-0.15, -0.1) is 0 Å². The highest BCUT2D eigenvalue weighted by Crippen LogP contribution is 2.51. The minimum Gasteiger partial charge on any atom is -0.507 e. The second-order valence-electron chi connectivity index (χ2n) is 22.8. The molecule has 12 heteroatoms. The van der Waals surface area contributed by atoms with E-state index < -0.39 is 53.4 Å². The van der Waals surface area contributed by atoms with Crippen LogP contribution in [0.4, 0.5) is 5.82 Å². The second kappa shape index (κ2) is 21.9. The van der Waals surface area contributed by atoms with Gasteiger partial charge in [0.25, 0.3) is 0 Å². The average molecular weight is 1030 g/mol. The van der Waals surface area contributed by atoms with Crippen molar-refractivity contribution in [2.45, 2.75) is 151 Å². The molecule has 2 fully saturated rings. The number of aromatic amines is 2. The Morgan fingerprint density at radius 1 is 0.842 bits per heavy atom. The monoisotopic (exact) mass is 1030 g/mol. The lowest BCUT2D eigenvalue weighted by atomic mass is 9.65. The molecule has 4 heterocycles. The number of aliphatic hydroxyl groups is 3. The van der Waals surface area contributed by atoms with Crippen molar-refractivity contribution >= 4 is 29.5 Å². The molecule has 6 aliphatic rings. The van der Waals surface area contributed by atoms with Crippen LogP contribution >= 0.6 is 0 Å². The summed E-state index contributed by atoms with van der Waals surface area (Å²) in [5, 5.41) is 67.3. The van der Waals surface area contributed by atoms with E-state index in [-0.39, 0.29) is 54.9 Å². The first-order valence-electron chi connectivity index (χ1n) is 28.2. The lowest BCUT2D eigenvalue weighted by molar-refractivity contribution is -0.135. The van der Waals surface area contributed by atoms with Gasteiger partial charge in [0.1, 0.15) is 23.4 Å². The standard InChI is InChI=1S/C64H74N4O8/c1-2-27-65-38-43-14-16-53-50-36-54-48(21-29-66-54)51(37-63(75)25-18-41-8-7-11-55(70)47(41)19-26-63)58(50)60(73)49(22-30-69)56(71)17-13-40-33-45(59(72)57(34-40)76-46-9-3-4-10-46)32-39-12-15-52(64(61(43)74)23-5-6-24-64)44(31-39)35-42-20-28-67-62(42)68-53/h7-8,11-12,15,19-21,26,28-29,31,33-34,36,43,46,49,51,53,58,61,65-70,72,74-75H,2-6,9-10,13,17-18,22-25,27,30,32,35,37-38H2,1H3. The lowest BCUT2D eigenvalue weighted by Crippen LogP contribution is -2.46. The number of carbonyl (C=O) groups is 2. The molecular formula is C64H74N4O8. The summed E-state index contributed by atoms with van der Waals surface area (Å²) >= 11 is 0. The van der Waals surface area contributed by atoms with E-state index in [2.05, 4.69) is 63.6 Å². The van der Waals surface area contributed by atoms with Gasteiger partial charge in [0.15, 0.2) is 17.3 Å². The first-order chi connectivity index (χ1) is 36.9. The number of nitrogens with one attached hydrogen (secondary N) is 4. The molecule has 1 spiro atoms. The number of aliphatic hydroxyl groups excluding tert-OH is 2. The number of rotatable bonds is 10. The number of phenols is 2. The van der Waals surface area contributed by atoms with Crippen molar-refractivity contribution in [1.29, 1.82) is 0 Å². The Hall–Kier alpha value is -6.36. The normalized spacial score (nSPS) is 26.2. The van der Waals surface area contributed by atoms with Crippen molar-refractivity contribution in [1.82, 2.24) is 15.3 Å². The molecule has 7 atom stereocenters. The van der Waals surface area contributed by atoms with Crippen LogP contribution in [0, 0.1) is 29.6 Å². The van der Waals surface area contributed by atoms with Gasteiger partial charge in [-0.3, -0.25) is 9.59 Å². The molecule has 5 bridgehead atoms. The average Bonchev–Trinajstić information content (AvgIpc) is 4.29. The molecule has 0 radical (unpaired) electrons.